The van der Waals surface area contributed by atoms with E-state index in [2.05, 4.69) is 30.2 Å². The monoisotopic (exact) mass is 339 g/mol. The highest BCUT2D eigenvalue weighted by Crippen LogP contribution is 2.15. The van der Waals surface area contributed by atoms with Gasteiger partial charge in [-0.1, -0.05) is 25.1 Å². The van der Waals surface area contributed by atoms with Gasteiger partial charge in [0.25, 0.3) is 0 Å². The molecular formula is C20H25N3O2. The lowest BCUT2D eigenvalue weighted by Crippen LogP contribution is -2.31. The first-order valence-corrected chi connectivity index (χ1v) is 8.68. The third-order valence-corrected chi connectivity index (χ3v) is 4.35. The number of aliphatic hydroxyl groups is 1. The van der Waals surface area contributed by atoms with Crippen LogP contribution in [0.25, 0.3) is 5.65 Å². The van der Waals surface area contributed by atoms with Crippen molar-refractivity contribution in [2.75, 3.05) is 6.61 Å². The molecule has 1 atom stereocenters. The second-order valence-corrected chi connectivity index (χ2v) is 6.26. The van der Waals surface area contributed by atoms with Gasteiger partial charge in [0.15, 0.2) is 0 Å². The third-order valence-electron chi connectivity index (χ3n) is 4.35. The van der Waals surface area contributed by atoms with Crippen LogP contribution < -0.4 is 10.1 Å². The Bertz CT molecular complexity index is 807. The van der Waals surface area contributed by atoms with Gasteiger partial charge in [0.1, 0.15) is 18.0 Å². The molecule has 2 aromatic heterocycles. The van der Waals surface area contributed by atoms with Crippen molar-refractivity contribution in [3.63, 3.8) is 0 Å². The van der Waals surface area contributed by atoms with E-state index in [4.69, 9.17) is 4.74 Å². The average Bonchev–Trinajstić information content (AvgIpc) is 3.06. The zero-order valence-corrected chi connectivity index (χ0v) is 14.8. The van der Waals surface area contributed by atoms with Crippen LogP contribution in [0.1, 0.15) is 30.2 Å². The molecule has 5 nitrogen and oxygen atoms in total. The summed E-state index contributed by atoms with van der Waals surface area (Å²) in [5.41, 5.74) is 4.20. The average molecular weight is 339 g/mol. The van der Waals surface area contributed by atoms with E-state index in [9.17, 15) is 5.11 Å². The van der Waals surface area contributed by atoms with Crippen LogP contribution in [-0.2, 0) is 13.2 Å². The van der Waals surface area contributed by atoms with E-state index < -0.39 is 0 Å². The Morgan fingerprint density at radius 2 is 2.04 bits per heavy atom. The molecule has 0 aliphatic carbocycles. The van der Waals surface area contributed by atoms with Crippen LogP contribution in [0.15, 0.2) is 48.8 Å². The summed E-state index contributed by atoms with van der Waals surface area (Å²) in [4.78, 5) is 4.62. The van der Waals surface area contributed by atoms with Crippen LogP contribution >= 0.6 is 0 Å². The number of rotatable bonds is 8. The van der Waals surface area contributed by atoms with Gasteiger partial charge in [-0.25, -0.2) is 4.98 Å². The van der Waals surface area contributed by atoms with Gasteiger partial charge in [-0.05, 0) is 42.7 Å². The molecule has 2 heterocycles. The summed E-state index contributed by atoms with van der Waals surface area (Å²) in [7, 11) is 0. The van der Waals surface area contributed by atoms with Crippen LogP contribution in [0.3, 0.4) is 0 Å². The number of fused-ring (bicyclic) bond motifs is 1. The molecular weight excluding hydrogens is 314 g/mol. The Morgan fingerprint density at radius 1 is 1.24 bits per heavy atom. The zero-order valence-electron chi connectivity index (χ0n) is 14.8. The maximum absolute atomic E-state index is 9.21. The van der Waals surface area contributed by atoms with Crippen molar-refractivity contribution in [1.29, 1.82) is 0 Å². The van der Waals surface area contributed by atoms with Crippen LogP contribution in [-0.4, -0.2) is 27.1 Å². The Morgan fingerprint density at radius 3 is 2.72 bits per heavy atom. The van der Waals surface area contributed by atoms with Crippen molar-refractivity contribution >= 4 is 5.65 Å². The largest absolute Gasteiger partial charge is 0.487 e. The molecule has 1 unspecified atom stereocenters. The second kappa shape index (κ2) is 8.14. The van der Waals surface area contributed by atoms with Crippen LogP contribution in [0.4, 0.5) is 0 Å². The molecule has 0 radical (unpaired) electrons. The van der Waals surface area contributed by atoms with Gasteiger partial charge in [-0.3, -0.25) is 0 Å². The minimum atomic E-state index is 0.148. The molecule has 3 rings (SSSR count). The van der Waals surface area contributed by atoms with Crippen molar-refractivity contribution in [1.82, 2.24) is 14.7 Å². The SMILES string of the molecule is CCC(CO)NCc1ccc(OCc2cn3cccc(C)c3n2)cc1. The molecule has 132 valence electrons. The van der Waals surface area contributed by atoms with Gasteiger partial charge in [0.2, 0.25) is 0 Å². The lowest BCUT2D eigenvalue weighted by molar-refractivity contribution is 0.238. The van der Waals surface area contributed by atoms with Crippen molar-refractivity contribution in [3.05, 3.63) is 65.6 Å². The Balaban J connectivity index is 1.56. The van der Waals surface area contributed by atoms with E-state index >= 15 is 0 Å². The highest BCUT2D eigenvalue weighted by Gasteiger charge is 2.06. The van der Waals surface area contributed by atoms with E-state index in [1.807, 2.05) is 47.1 Å². The predicted octanol–water partition coefficient (Wildman–Crippen LogP) is 3.08. The highest BCUT2D eigenvalue weighted by molar-refractivity contribution is 5.47. The number of hydrogen-bond donors (Lipinski definition) is 2. The number of pyridine rings is 1. The molecule has 3 aromatic rings. The summed E-state index contributed by atoms with van der Waals surface area (Å²) in [5, 5.41) is 12.5. The summed E-state index contributed by atoms with van der Waals surface area (Å²) < 4.78 is 7.87. The summed E-state index contributed by atoms with van der Waals surface area (Å²) in [6.07, 6.45) is 4.91. The Kier molecular flexibility index (Phi) is 5.68. The van der Waals surface area contributed by atoms with E-state index in [1.165, 1.54) is 5.56 Å². The number of ether oxygens (including phenoxy) is 1. The Hall–Kier alpha value is -2.37. The van der Waals surface area contributed by atoms with Gasteiger partial charge in [-0.2, -0.15) is 0 Å². The zero-order chi connectivity index (χ0) is 17.6. The predicted molar refractivity (Wildman–Crippen MR) is 98.7 cm³/mol. The molecule has 0 amide bonds. The number of aliphatic hydroxyl groups excluding tert-OH is 1. The number of aryl methyl sites for hydroxylation is 1. The number of imidazole rings is 1. The molecule has 0 bridgehead atoms. The molecule has 25 heavy (non-hydrogen) atoms. The number of aromatic nitrogens is 2. The number of nitrogens with zero attached hydrogens (tertiary/aromatic N) is 2. The Labute approximate surface area is 148 Å². The fraction of sp³-hybridized carbons (Fsp3) is 0.350. The third kappa shape index (κ3) is 4.38. The molecule has 0 fully saturated rings. The molecule has 1 aromatic carbocycles. The fourth-order valence-corrected chi connectivity index (χ4v) is 2.73. The molecule has 0 aliphatic heterocycles. The fourth-order valence-electron chi connectivity index (χ4n) is 2.73. The molecule has 0 saturated carbocycles. The summed E-state index contributed by atoms with van der Waals surface area (Å²) in [6, 6.07) is 12.2. The first-order valence-electron chi connectivity index (χ1n) is 8.68. The van der Waals surface area contributed by atoms with E-state index in [0.29, 0.717) is 6.61 Å². The molecule has 2 N–H and O–H groups in total. The molecule has 5 heteroatoms. The van der Waals surface area contributed by atoms with E-state index in [1.54, 1.807) is 0 Å². The number of benzene rings is 1. The van der Waals surface area contributed by atoms with Crippen molar-refractivity contribution in [2.24, 2.45) is 0 Å². The number of nitrogens with one attached hydrogen (secondary N) is 1. The van der Waals surface area contributed by atoms with Gasteiger partial charge >= 0.3 is 0 Å². The first-order chi connectivity index (χ1) is 12.2. The van der Waals surface area contributed by atoms with Gasteiger partial charge in [-0.15, -0.1) is 0 Å². The van der Waals surface area contributed by atoms with Gasteiger partial charge < -0.3 is 19.6 Å². The van der Waals surface area contributed by atoms with E-state index in [-0.39, 0.29) is 12.6 Å². The maximum atomic E-state index is 9.21. The summed E-state index contributed by atoms with van der Waals surface area (Å²) in [5.74, 6) is 0.826. The summed E-state index contributed by atoms with van der Waals surface area (Å²) >= 11 is 0. The minimum Gasteiger partial charge on any atom is -0.487 e. The summed E-state index contributed by atoms with van der Waals surface area (Å²) in [6.45, 7) is 5.47. The van der Waals surface area contributed by atoms with Crippen molar-refractivity contribution in [2.45, 2.75) is 39.5 Å². The van der Waals surface area contributed by atoms with Crippen molar-refractivity contribution < 1.29 is 9.84 Å². The van der Waals surface area contributed by atoms with Crippen LogP contribution in [0.2, 0.25) is 0 Å². The lowest BCUT2D eigenvalue weighted by atomic mass is 10.2. The highest BCUT2D eigenvalue weighted by atomic mass is 16.5. The first kappa shape index (κ1) is 17.5. The van der Waals surface area contributed by atoms with Crippen molar-refractivity contribution in [3.8, 4) is 5.75 Å². The minimum absolute atomic E-state index is 0.148. The maximum Gasteiger partial charge on any atom is 0.140 e. The van der Waals surface area contributed by atoms with Crippen LogP contribution in [0.5, 0.6) is 5.75 Å². The quantitative estimate of drug-likeness (QED) is 0.662. The molecule has 0 spiro atoms. The normalized spacial score (nSPS) is 12.4. The van der Waals surface area contributed by atoms with Crippen LogP contribution in [0, 0.1) is 6.92 Å². The molecule has 0 saturated heterocycles. The smallest absolute Gasteiger partial charge is 0.140 e. The molecule has 0 aliphatic rings. The number of hydrogen-bond acceptors (Lipinski definition) is 4. The standard InChI is InChI=1S/C20H25N3O2/c1-3-17(13-24)21-11-16-6-8-19(9-7-16)25-14-18-12-23-10-4-5-15(2)20(23)22-18/h4-10,12,17,21,24H,3,11,13-14H2,1-2H3. The second-order valence-electron chi connectivity index (χ2n) is 6.26. The van der Waals surface area contributed by atoms with Gasteiger partial charge in [0.05, 0.1) is 12.3 Å². The topological polar surface area (TPSA) is 58.8 Å². The van der Waals surface area contributed by atoms with Gasteiger partial charge in [0, 0.05) is 25.0 Å². The lowest BCUT2D eigenvalue weighted by Gasteiger charge is -2.14. The van der Waals surface area contributed by atoms with E-state index in [0.717, 1.165) is 35.6 Å².